The van der Waals surface area contributed by atoms with Gasteiger partial charge in [-0.3, -0.25) is 9.67 Å². The molecule has 0 spiro atoms. The molecule has 0 saturated heterocycles. The summed E-state index contributed by atoms with van der Waals surface area (Å²) in [6.45, 7) is 8.72. The van der Waals surface area contributed by atoms with Crippen LogP contribution >= 0.6 is 0 Å². The summed E-state index contributed by atoms with van der Waals surface area (Å²) in [4.78, 5) is 16.5. The Hall–Kier alpha value is -2.11. The van der Waals surface area contributed by atoms with Gasteiger partial charge >= 0.3 is 6.09 Å². The van der Waals surface area contributed by atoms with Crippen molar-refractivity contribution in [3.63, 3.8) is 0 Å². The van der Waals surface area contributed by atoms with E-state index in [1.54, 1.807) is 6.20 Å². The van der Waals surface area contributed by atoms with Crippen LogP contribution in [0.15, 0.2) is 18.5 Å². The van der Waals surface area contributed by atoms with Gasteiger partial charge in [-0.2, -0.15) is 5.10 Å². The first kappa shape index (κ1) is 17.3. The minimum Gasteiger partial charge on any atom is -0.444 e. The van der Waals surface area contributed by atoms with Gasteiger partial charge in [0, 0.05) is 35.6 Å². The quantitative estimate of drug-likeness (QED) is 0.903. The van der Waals surface area contributed by atoms with Crippen molar-refractivity contribution in [2.75, 3.05) is 0 Å². The predicted molar refractivity (Wildman–Crippen MR) is 99.9 cm³/mol. The maximum atomic E-state index is 12.3. The number of fused-ring (bicyclic) bond motifs is 3. The first-order valence-electron chi connectivity index (χ1n) is 9.48. The van der Waals surface area contributed by atoms with Gasteiger partial charge in [0.25, 0.3) is 0 Å². The molecule has 0 unspecified atom stereocenters. The second-order valence-electron chi connectivity index (χ2n) is 9.22. The van der Waals surface area contributed by atoms with E-state index in [0.717, 1.165) is 49.6 Å². The molecule has 2 aliphatic carbocycles. The van der Waals surface area contributed by atoms with Crippen molar-refractivity contribution in [1.82, 2.24) is 20.1 Å². The van der Waals surface area contributed by atoms with Crippen molar-refractivity contribution < 1.29 is 9.53 Å². The van der Waals surface area contributed by atoms with E-state index in [-0.39, 0.29) is 17.0 Å². The third kappa shape index (κ3) is 3.06. The second-order valence-corrected chi connectivity index (χ2v) is 9.22. The zero-order chi connectivity index (χ0) is 18.6. The number of hydrogen-bond donors (Lipinski definition) is 1. The highest BCUT2D eigenvalue weighted by Crippen LogP contribution is 2.57. The highest BCUT2D eigenvalue weighted by molar-refractivity contribution is 5.80. The molecule has 6 nitrogen and oxygen atoms in total. The molecule has 2 aliphatic rings. The topological polar surface area (TPSA) is 69.0 Å². The van der Waals surface area contributed by atoms with Gasteiger partial charge in [0.05, 0.1) is 5.52 Å². The molecule has 1 N–H and O–H groups in total. The fourth-order valence-electron chi connectivity index (χ4n) is 4.80. The fraction of sp³-hybridized carbons (Fsp3) is 0.650. The number of nitrogens with zero attached hydrogens (tertiary/aromatic N) is 3. The minimum atomic E-state index is -0.463. The van der Waals surface area contributed by atoms with Gasteiger partial charge in [-0.1, -0.05) is 0 Å². The molecule has 26 heavy (non-hydrogen) atoms. The van der Waals surface area contributed by atoms with Crippen LogP contribution in [-0.2, 0) is 11.3 Å². The molecular formula is C20H28N4O2. The van der Waals surface area contributed by atoms with Gasteiger partial charge in [-0.05, 0) is 71.3 Å². The Labute approximate surface area is 154 Å². The van der Waals surface area contributed by atoms with Gasteiger partial charge in [-0.15, -0.1) is 0 Å². The molecule has 1 amide bonds. The summed E-state index contributed by atoms with van der Waals surface area (Å²) < 4.78 is 7.62. The van der Waals surface area contributed by atoms with Crippen LogP contribution in [0.25, 0.3) is 10.9 Å². The zero-order valence-electron chi connectivity index (χ0n) is 16.1. The first-order valence-corrected chi connectivity index (χ1v) is 9.48. The number of rotatable bonds is 3. The molecule has 0 aromatic carbocycles. The van der Waals surface area contributed by atoms with E-state index in [0.29, 0.717) is 0 Å². The van der Waals surface area contributed by atoms with Crippen LogP contribution in [0.2, 0.25) is 0 Å². The Morgan fingerprint density at radius 1 is 1.31 bits per heavy atom. The summed E-state index contributed by atoms with van der Waals surface area (Å²) >= 11 is 0. The number of nitrogens with one attached hydrogen (secondary N) is 1. The van der Waals surface area contributed by atoms with Crippen LogP contribution in [0, 0.1) is 12.3 Å². The number of aromatic nitrogens is 3. The Bertz CT molecular complexity index is 841. The SMILES string of the molecule is Cc1c2cnccc2nn1CC12CCC(NC(=O)OC(C)(C)C)(CC1)C2. The number of carbonyl (C=O) groups is 1. The van der Waals surface area contributed by atoms with Gasteiger partial charge < -0.3 is 10.1 Å². The molecular weight excluding hydrogens is 328 g/mol. The van der Waals surface area contributed by atoms with Crippen LogP contribution in [0.1, 0.15) is 58.6 Å². The lowest BCUT2D eigenvalue weighted by Crippen LogP contribution is -2.47. The molecule has 2 bridgehead atoms. The predicted octanol–water partition coefficient (Wildman–Crippen LogP) is 3.97. The van der Waals surface area contributed by atoms with Crippen LogP contribution in [-0.4, -0.2) is 32.0 Å². The molecule has 2 aromatic rings. The lowest BCUT2D eigenvalue weighted by molar-refractivity contribution is 0.0458. The van der Waals surface area contributed by atoms with Crippen molar-refractivity contribution in [2.45, 2.75) is 77.5 Å². The average molecular weight is 356 g/mol. The molecule has 0 aliphatic heterocycles. The number of alkyl carbamates (subject to hydrolysis) is 1. The molecule has 2 aromatic heterocycles. The maximum Gasteiger partial charge on any atom is 0.408 e. The highest BCUT2D eigenvalue weighted by Gasteiger charge is 2.55. The fourth-order valence-corrected chi connectivity index (χ4v) is 4.80. The molecule has 0 radical (unpaired) electrons. The average Bonchev–Trinajstić information content (AvgIpc) is 3.16. The first-order chi connectivity index (χ1) is 12.2. The second kappa shape index (κ2) is 5.69. The van der Waals surface area contributed by atoms with E-state index in [1.165, 1.54) is 5.69 Å². The number of hydrogen-bond acceptors (Lipinski definition) is 4. The van der Waals surface area contributed by atoms with E-state index < -0.39 is 5.60 Å². The van der Waals surface area contributed by atoms with Crippen LogP contribution in [0.3, 0.4) is 0 Å². The van der Waals surface area contributed by atoms with Gasteiger partial charge in [0.1, 0.15) is 5.60 Å². The van der Waals surface area contributed by atoms with E-state index in [1.807, 2.05) is 33.0 Å². The highest BCUT2D eigenvalue weighted by atomic mass is 16.6. The van der Waals surface area contributed by atoms with E-state index in [9.17, 15) is 4.79 Å². The van der Waals surface area contributed by atoms with Gasteiger partial charge in [-0.25, -0.2) is 4.79 Å². The van der Waals surface area contributed by atoms with Gasteiger partial charge in [0.2, 0.25) is 0 Å². The Balaban J connectivity index is 1.49. The molecule has 6 heteroatoms. The van der Waals surface area contributed by atoms with Crippen molar-refractivity contribution >= 4 is 17.0 Å². The maximum absolute atomic E-state index is 12.3. The number of carbonyl (C=O) groups excluding carboxylic acids is 1. The standard InChI is InChI=1S/C20H28N4O2/c1-14-15-11-21-10-5-16(15)23-24(14)13-19-6-8-20(12-19,9-7-19)22-17(25)26-18(2,3)4/h5,10-11H,6-9,12-13H2,1-4H3,(H,22,25). The van der Waals surface area contributed by atoms with E-state index in [2.05, 4.69) is 21.9 Å². The number of ether oxygens (including phenoxy) is 1. The van der Waals surface area contributed by atoms with Crippen molar-refractivity contribution in [1.29, 1.82) is 0 Å². The summed E-state index contributed by atoms with van der Waals surface area (Å²) in [6, 6.07) is 1.97. The van der Waals surface area contributed by atoms with Crippen LogP contribution < -0.4 is 5.32 Å². The summed E-state index contributed by atoms with van der Waals surface area (Å²) in [7, 11) is 0. The lowest BCUT2D eigenvalue weighted by atomic mass is 9.84. The van der Waals surface area contributed by atoms with E-state index >= 15 is 0 Å². The van der Waals surface area contributed by atoms with Crippen molar-refractivity contribution in [3.05, 3.63) is 24.2 Å². The zero-order valence-corrected chi connectivity index (χ0v) is 16.1. The number of aryl methyl sites for hydroxylation is 1. The minimum absolute atomic E-state index is 0.107. The lowest BCUT2D eigenvalue weighted by Gasteiger charge is -2.30. The summed E-state index contributed by atoms with van der Waals surface area (Å²) in [5, 5.41) is 9.10. The molecule has 140 valence electrons. The molecule has 2 fully saturated rings. The van der Waals surface area contributed by atoms with Crippen LogP contribution in [0.5, 0.6) is 0 Å². The Morgan fingerprint density at radius 2 is 2.04 bits per heavy atom. The molecule has 2 heterocycles. The summed E-state index contributed by atoms with van der Waals surface area (Å²) in [6.07, 6.45) is 8.69. The van der Waals surface area contributed by atoms with Crippen molar-refractivity contribution in [2.24, 2.45) is 5.41 Å². The third-order valence-electron chi connectivity index (χ3n) is 6.04. The Morgan fingerprint density at radius 3 is 2.69 bits per heavy atom. The molecule has 0 atom stereocenters. The number of amides is 1. The Kier molecular flexibility index (Phi) is 3.79. The summed E-state index contributed by atoms with van der Waals surface area (Å²) in [5.74, 6) is 0. The van der Waals surface area contributed by atoms with E-state index in [4.69, 9.17) is 9.84 Å². The summed E-state index contributed by atoms with van der Waals surface area (Å²) in [5.41, 5.74) is 1.82. The monoisotopic (exact) mass is 356 g/mol. The number of pyridine rings is 1. The molecule has 2 saturated carbocycles. The van der Waals surface area contributed by atoms with Gasteiger partial charge in [0.15, 0.2) is 0 Å². The third-order valence-corrected chi connectivity index (χ3v) is 6.04. The smallest absolute Gasteiger partial charge is 0.408 e. The molecule has 4 rings (SSSR count). The normalized spacial score (nSPS) is 27.8. The van der Waals surface area contributed by atoms with Crippen LogP contribution in [0.4, 0.5) is 4.79 Å². The van der Waals surface area contributed by atoms with Crippen molar-refractivity contribution in [3.8, 4) is 0 Å². The largest absolute Gasteiger partial charge is 0.444 e.